The van der Waals surface area contributed by atoms with E-state index in [0.29, 0.717) is 24.6 Å². The van der Waals surface area contributed by atoms with E-state index in [1.54, 1.807) is 4.90 Å². The highest BCUT2D eigenvalue weighted by atomic mass is 79.9. The van der Waals surface area contributed by atoms with Crippen LogP contribution in [0.4, 0.5) is 0 Å². The first-order chi connectivity index (χ1) is 5.61. The largest absolute Gasteiger partial charge is 0.340 e. The Labute approximate surface area is 83.1 Å². The third kappa shape index (κ3) is 2.55. The van der Waals surface area contributed by atoms with Crippen molar-refractivity contribution in [2.45, 2.75) is 11.8 Å². The highest BCUT2D eigenvalue weighted by molar-refractivity contribution is 9.10. The number of hydrogen-bond donors (Lipinski definition) is 0. The summed E-state index contributed by atoms with van der Waals surface area (Å²) in [5, 5.41) is 0. The molecule has 0 aliphatic carbocycles. The molecular formula is C7H12BrNO2S. The standard InChI is InChI=1S/C7H12BrNO2S/c1-6(8)7(10)9-2-4-12(11)5-3-9/h6H,2-5H2,1H3. The average Bonchev–Trinajstić information content (AvgIpc) is 2.04. The van der Waals surface area contributed by atoms with Crippen molar-refractivity contribution >= 4 is 32.6 Å². The summed E-state index contributed by atoms with van der Waals surface area (Å²) < 4.78 is 11.0. The van der Waals surface area contributed by atoms with Crippen molar-refractivity contribution in [2.75, 3.05) is 24.6 Å². The maximum Gasteiger partial charge on any atom is 0.236 e. The lowest BCUT2D eigenvalue weighted by Crippen LogP contribution is -2.44. The first-order valence-corrected chi connectivity index (χ1v) is 6.29. The molecule has 70 valence electrons. The first-order valence-electron chi connectivity index (χ1n) is 3.89. The molecule has 0 bridgehead atoms. The van der Waals surface area contributed by atoms with Crippen LogP contribution in [0.25, 0.3) is 0 Å². The molecule has 1 aliphatic heterocycles. The third-order valence-electron chi connectivity index (χ3n) is 1.83. The molecule has 0 spiro atoms. The fourth-order valence-corrected chi connectivity index (χ4v) is 2.45. The number of carbonyl (C=O) groups is 1. The van der Waals surface area contributed by atoms with Crippen LogP contribution >= 0.6 is 15.9 Å². The van der Waals surface area contributed by atoms with Gasteiger partial charge in [0, 0.05) is 35.4 Å². The predicted molar refractivity (Wildman–Crippen MR) is 52.8 cm³/mol. The van der Waals surface area contributed by atoms with E-state index in [0.717, 1.165) is 0 Å². The topological polar surface area (TPSA) is 37.4 Å². The van der Waals surface area contributed by atoms with Crippen molar-refractivity contribution in [3.63, 3.8) is 0 Å². The molecule has 1 heterocycles. The lowest BCUT2D eigenvalue weighted by atomic mass is 10.4. The maximum absolute atomic E-state index is 11.4. The summed E-state index contributed by atoms with van der Waals surface area (Å²) in [6.07, 6.45) is 0. The molecule has 0 aromatic carbocycles. The molecule has 0 aromatic heterocycles. The predicted octanol–water partition coefficient (Wildman–Crippen LogP) is 0.361. The zero-order valence-electron chi connectivity index (χ0n) is 6.96. The normalized spacial score (nSPS) is 22.3. The molecule has 0 aromatic rings. The number of halogens is 1. The Hall–Kier alpha value is 0.1000. The van der Waals surface area contributed by atoms with Crippen LogP contribution in [-0.2, 0) is 15.6 Å². The molecular weight excluding hydrogens is 242 g/mol. The highest BCUT2D eigenvalue weighted by Crippen LogP contribution is 2.07. The Bertz CT molecular complexity index is 198. The maximum atomic E-state index is 11.4. The minimum atomic E-state index is -0.700. The quantitative estimate of drug-likeness (QED) is 0.634. The summed E-state index contributed by atoms with van der Waals surface area (Å²) >= 11 is 3.22. The average molecular weight is 254 g/mol. The molecule has 5 heteroatoms. The SMILES string of the molecule is CC(Br)C(=O)N1CCS(=O)CC1. The van der Waals surface area contributed by atoms with Crippen LogP contribution in [0, 0.1) is 0 Å². The third-order valence-corrected chi connectivity index (χ3v) is 3.50. The van der Waals surface area contributed by atoms with Gasteiger partial charge in [0.05, 0.1) is 4.83 Å². The minimum Gasteiger partial charge on any atom is -0.340 e. The van der Waals surface area contributed by atoms with Crippen LogP contribution < -0.4 is 0 Å². The molecule has 1 fully saturated rings. The zero-order valence-corrected chi connectivity index (χ0v) is 9.36. The Balaban J connectivity index is 2.44. The molecule has 0 saturated carbocycles. The monoisotopic (exact) mass is 253 g/mol. The summed E-state index contributed by atoms with van der Waals surface area (Å²) in [7, 11) is -0.700. The fourth-order valence-electron chi connectivity index (χ4n) is 1.11. The van der Waals surface area contributed by atoms with Crippen LogP contribution in [0.1, 0.15) is 6.92 Å². The summed E-state index contributed by atoms with van der Waals surface area (Å²) in [5.41, 5.74) is 0. The number of carbonyl (C=O) groups excluding carboxylic acids is 1. The van der Waals surface area contributed by atoms with Gasteiger partial charge in [0.2, 0.25) is 5.91 Å². The number of rotatable bonds is 1. The second-order valence-electron chi connectivity index (χ2n) is 2.79. The molecule has 1 unspecified atom stereocenters. The van der Waals surface area contributed by atoms with Gasteiger partial charge in [-0.1, -0.05) is 15.9 Å². The van der Waals surface area contributed by atoms with E-state index in [9.17, 15) is 9.00 Å². The Kier molecular flexibility index (Phi) is 3.71. The van der Waals surface area contributed by atoms with Gasteiger partial charge >= 0.3 is 0 Å². The van der Waals surface area contributed by atoms with E-state index < -0.39 is 10.8 Å². The van der Waals surface area contributed by atoms with Crippen molar-refractivity contribution in [1.29, 1.82) is 0 Å². The molecule has 1 saturated heterocycles. The van der Waals surface area contributed by atoms with Crippen molar-refractivity contribution in [1.82, 2.24) is 4.90 Å². The summed E-state index contributed by atoms with van der Waals surface area (Å²) in [5.74, 6) is 1.36. The van der Waals surface area contributed by atoms with Crippen molar-refractivity contribution < 1.29 is 9.00 Å². The first kappa shape index (κ1) is 10.2. The minimum absolute atomic E-state index is 0.103. The van der Waals surface area contributed by atoms with Gasteiger partial charge in [0.25, 0.3) is 0 Å². The van der Waals surface area contributed by atoms with E-state index in [4.69, 9.17) is 0 Å². The number of nitrogens with zero attached hydrogens (tertiary/aromatic N) is 1. The van der Waals surface area contributed by atoms with Crippen molar-refractivity contribution in [2.24, 2.45) is 0 Å². The van der Waals surface area contributed by atoms with Gasteiger partial charge in [-0.05, 0) is 6.92 Å². The summed E-state index contributed by atoms with van der Waals surface area (Å²) in [4.78, 5) is 13.0. The molecule has 0 radical (unpaired) electrons. The molecule has 0 N–H and O–H groups in total. The number of alkyl halides is 1. The van der Waals surface area contributed by atoms with Crippen LogP contribution in [0.2, 0.25) is 0 Å². The van der Waals surface area contributed by atoms with E-state index in [2.05, 4.69) is 15.9 Å². The van der Waals surface area contributed by atoms with Gasteiger partial charge in [-0.15, -0.1) is 0 Å². The second-order valence-corrected chi connectivity index (χ2v) is 5.86. The molecule has 12 heavy (non-hydrogen) atoms. The Morgan fingerprint density at radius 2 is 2.00 bits per heavy atom. The second kappa shape index (κ2) is 4.37. The van der Waals surface area contributed by atoms with Gasteiger partial charge < -0.3 is 4.90 Å². The molecule has 1 rings (SSSR count). The van der Waals surface area contributed by atoms with Crippen LogP contribution in [-0.4, -0.2) is 44.4 Å². The lowest BCUT2D eigenvalue weighted by molar-refractivity contribution is -0.129. The van der Waals surface area contributed by atoms with Gasteiger partial charge in [-0.3, -0.25) is 9.00 Å². The van der Waals surface area contributed by atoms with Gasteiger partial charge in [0.15, 0.2) is 0 Å². The van der Waals surface area contributed by atoms with Gasteiger partial charge in [0.1, 0.15) is 0 Å². The van der Waals surface area contributed by atoms with Crippen LogP contribution in [0.15, 0.2) is 0 Å². The number of amides is 1. The van der Waals surface area contributed by atoms with Gasteiger partial charge in [-0.2, -0.15) is 0 Å². The van der Waals surface area contributed by atoms with Crippen LogP contribution in [0.3, 0.4) is 0 Å². The highest BCUT2D eigenvalue weighted by Gasteiger charge is 2.22. The molecule has 1 atom stereocenters. The molecule has 1 aliphatic rings. The fraction of sp³-hybridized carbons (Fsp3) is 0.857. The van der Waals surface area contributed by atoms with E-state index in [1.165, 1.54) is 0 Å². The summed E-state index contributed by atoms with van der Waals surface area (Å²) in [6.45, 7) is 3.09. The Morgan fingerprint density at radius 3 is 2.42 bits per heavy atom. The van der Waals surface area contributed by atoms with E-state index in [1.807, 2.05) is 6.92 Å². The summed E-state index contributed by atoms with van der Waals surface area (Å²) in [6, 6.07) is 0. The number of hydrogen-bond acceptors (Lipinski definition) is 2. The molecule has 1 amide bonds. The lowest BCUT2D eigenvalue weighted by Gasteiger charge is -2.27. The van der Waals surface area contributed by atoms with Gasteiger partial charge in [-0.25, -0.2) is 0 Å². The smallest absolute Gasteiger partial charge is 0.236 e. The Morgan fingerprint density at radius 1 is 1.50 bits per heavy atom. The zero-order chi connectivity index (χ0) is 9.14. The van der Waals surface area contributed by atoms with Crippen molar-refractivity contribution in [3.05, 3.63) is 0 Å². The van der Waals surface area contributed by atoms with Crippen molar-refractivity contribution in [3.8, 4) is 0 Å². The van der Waals surface area contributed by atoms with E-state index >= 15 is 0 Å². The van der Waals surface area contributed by atoms with Crippen LogP contribution in [0.5, 0.6) is 0 Å². The van der Waals surface area contributed by atoms with E-state index in [-0.39, 0.29) is 10.7 Å². The molecule has 3 nitrogen and oxygen atoms in total.